The van der Waals surface area contributed by atoms with Crippen LogP contribution < -0.4 is 4.74 Å². The molecule has 106 valence electrons. The first-order valence-electron chi connectivity index (χ1n) is 6.34. The van der Waals surface area contributed by atoms with Crippen LogP contribution in [-0.4, -0.2) is 25.2 Å². The van der Waals surface area contributed by atoms with Gasteiger partial charge in [0.1, 0.15) is 10.8 Å². The van der Waals surface area contributed by atoms with E-state index < -0.39 is 5.97 Å². The molecule has 0 aliphatic rings. The lowest BCUT2D eigenvalue weighted by molar-refractivity contribution is 0.0595. The summed E-state index contributed by atoms with van der Waals surface area (Å²) < 4.78 is 10.2. The molecule has 0 saturated carbocycles. The lowest BCUT2D eigenvalue weighted by atomic mass is 10.0. The summed E-state index contributed by atoms with van der Waals surface area (Å²) in [7, 11) is 2.97. The number of esters is 1. The summed E-state index contributed by atoms with van der Waals surface area (Å²) >= 11 is 1.40. The summed E-state index contributed by atoms with van der Waals surface area (Å²) in [6.45, 7) is 0. The Labute approximate surface area is 126 Å². The van der Waals surface area contributed by atoms with Gasteiger partial charge in [0.25, 0.3) is 0 Å². The molecule has 0 saturated heterocycles. The summed E-state index contributed by atoms with van der Waals surface area (Å²) in [5.41, 5.74) is 1.21. The molecular formula is C16H13NO3S. The third kappa shape index (κ3) is 2.36. The first-order valence-corrected chi connectivity index (χ1v) is 7.22. The number of benzene rings is 2. The van der Waals surface area contributed by atoms with E-state index >= 15 is 0 Å². The first kappa shape index (κ1) is 13.6. The average Bonchev–Trinajstić information content (AvgIpc) is 3.02. The molecule has 3 aromatic rings. The maximum atomic E-state index is 11.6. The van der Waals surface area contributed by atoms with Gasteiger partial charge in [0, 0.05) is 5.38 Å². The quantitative estimate of drug-likeness (QED) is 0.691. The van der Waals surface area contributed by atoms with Crippen molar-refractivity contribution in [1.29, 1.82) is 0 Å². The Morgan fingerprint density at radius 3 is 2.71 bits per heavy atom. The number of carbonyl (C=O) groups excluding carboxylic acids is 1. The Hall–Kier alpha value is -2.40. The van der Waals surface area contributed by atoms with Gasteiger partial charge in [-0.3, -0.25) is 0 Å². The molecule has 0 N–H and O–H groups in total. The molecule has 4 nitrogen and oxygen atoms in total. The van der Waals surface area contributed by atoms with Crippen molar-refractivity contribution in [1.82, 2.24) is 4.98 Å². The van der Waals surface area contributed by atoms with Gasteiger partial charge >= 0.3 is 5.97 Å². The molecule has 0 bridgehead atoms. The number of methoxy groups -OCH3 is 2. The van der Waals surface area contributed by atoms with Crippen LogP contribution in [0.25, 0.3) is 21.3 Å². The minimum Gasteiger partial charge on any atom is -0.496 e. The molecule has 0 atom stereocenters. The standard InChI is InChI=1S/C16H13NO3S/c1-19-13-8-7-10-5-3-4-6-11(10)14(13)15-17-12(9-21-15)16(18)20-2/h3-9H,1-2H3. The van der Waals surface area contributed by atoms with Crippen molar-refractivity contribution in [2.75, 3.05) is 14.2 Å². The summed E-state index contributed by atoms with van der Waals surface area (Å²) in [6.07, 6.45) is 0. The Kier molecular flexibility index (Phi) is 3.58. The number of ether oxygens (including phenoxy) is 2. The fourth-order valence-electron chi connectivity index (χ4n) is 2.23. The van der Waals surface area contributed by atoms with Gasteiger partial charge in [0.2, 0.25) is 0 Å². The van der Waals surface area contributed by atoms with E-state index in [0.717, 1.165) is 27.1 Å². The van der Waals surface area contributed by atoms with Crippen LogP contribution >= 0.6 is 11.3 Å². The number of carbonyl (C=O) groups is 1. The van der Waals surface area contributed by atoms with Crippen LogP contribution in [0, 0.1) is 0 Å². The zero-order valence-corrected chi connectivity index (χ0v) is 12.4. The van der Waals surface area contributed by atoms with Crippen molar-refractivity contribution in [2.24, 2.45) is 0 Å². The largest absolute Gasteiger partial charge is 0.496 e. The molecule has 0 aliphatic heterocycles. The van der Waals surface area contributed by atoms with E-state index in [1.165, 1.54) is 18.4 Å². The van der Waals surface area contributed by atoms with E-state index in [0.29, 0.717) is 5.69 Å². The maximum absolute atomic E-state index is 11.6. The van der Waals surface area contributed by atoms with Crippen LogP contribution in [-0.2, 0) is 4.74 Å². The zero-order valence-electron chi connectivity index (χ0n) is 11.6. The van der Waals surface area contributed by atoms with E-state index in [2.05, 4.69) is 4.98 Å². The molecule has 0 radical (unpaired) electrons. The molecule has 0 spiro atoms. The highest BCUT2D eigenvalue weighted by molar-refractivity contribution is 7.13. The third-order valence-corrected chi connectivity index (χ3v) is 4.08. The minimum absolute atomic E-state index is 0.312. The van der Waals surface area contributed by atoms with Crippen molar-refractivity contribution in [3.63, 3.8) is 0 Å². The fourth-order valence-corrected chi connectivity index (χ4v) is 3.08. The van der Waals surface area contributed by atoms with Crippen molar-refractivity contribution >= 4 is 28.1 Å². The summed E-state index contributed by atoms with van der Waals surface area (Å²) in [4.78, 5) is 15.9. The van der Waals surface area contributed by atoms with E-state index in [-0.39, 0.29) is 0 Å². The first-order chi connectivity index (χ1) is 10.2. The predicted molar refractivity (Wildman–Crippen MR) is 82.9 cm³/mol. The summed E-state index contributed by atoms with van der Waals surface area (Å²) in [5, 5.41) is 4.58. The average molecular weight is 299 g/mol. The van der Waals surface area contributed by atoms with Crippen LogP contribution in [0.5, 0.6) is 5.75 Å². The maximum Gasteiger partial charge on any atom is 0.357 e. The Morgan fingerprint density at radius 2 is 1.95 bits per heavy atom. The Morgan fingerprint density at radius 1 is 1.14 bits per heavy atom. The highest BCUT2D eigenvalue weighted by Crippen LogP contribution is 2.38. The summed E-state index contributed by atoms with van der Waals surface area (Å²) in [6, 6.07) is 11.9. The predicted octanol–water partition coefficient (Wildman–Crippen LogP) is 3.76. The molecule has 1 aromatic heterocycles. The zero-order chi connectivity index (χ0) is 14.8. The van der Waals surface area contributed by atoms with Gasteiger partial charge in [0.15, 0.2) is 5.69 Å². The molecule has 21 heavy (non-hydrogen) atoms. The van der Waals surface area contributed by atoms with Gasteiger partial charge in [-0.15, -0.1) is 11.3 Å². The summed E-state index contributed by atoms with van der Waals surface area (Å²) in [5.74, 6) is 0.302. The van der Waals surface area contributed by atoms with E-state index in [1.54, 1.807) is 12.5 Å². The number of fused-ring (bicyclic) bond motifs is 1. The van der Waals surface area contributed by atoms with E-state index in [1.807, 2.05) is 36.4 Å². The van der Waals surface area contributed by atoms with E-state index in [4.69, 9.17) is 9.47 Å². The minimum atomic E-state index is -0.434. The topological polar surface area (TPSA) is 48.4 Å². The number of aromatic nitrogens is 1. The number of nitrogens with zero attached hydrogens (tertiary/aromatic N) is 1. The lowest BCUT2D eigenvalue weighted by Crippen LogP contribution is -2.01. The molecule has 0 amide bonds. The van der Waals surface area contributed by atoms with E-state index in [9.17, 15) is 4.79 Å². The molecular weight excluding hydrogens is 286 g/mol. The monoisotopic (exact) mass is 299 g/mol. The highest BCUT2D eigenvalue weighted by atomic mass is 32.1. The normalized spacial score (nSPS) is 10.6. The van der Waals surface area contributed by atoms with Crippen molar-refractivity contribution in [3.8, 4) is 16.3 Å². The van der Waals surface area contributed by atoms with Gasteiger partial charge in [-0.05, 0) is 16.8 Å². The van der Waals surface area contributed by atoms with Gasteiger partial charge in [-0.25, -0.2) is 9.78 Å². The van der Waals surface area contributed by atoms with Crippen LogP contribution in [0.3, 0.4) is 0 Å². The SMILES string of the molecule is COC(=O)c1csc(-c2c(OC)ccc3ccccc23)n1. The number of hydrogen-bond acceptors (Lipinski definition) is 5. The van der Waals surface area contributed by atoms with Gasteiger partial charge in [-0.2, -0.15) is 0 Å². The van der Waals surface area contributed by atoms with Crippen molar-refractivity contribution in [3.05, 3.63) is 47.5 Å². The molecule has 0 aliphatic carbocycles. The Balaban J connectivity index is 2.23. The van der Waals surface area contributed by atoms with Gasteiger partial charge in [-0.1, -0.05) is 30.3 Å². The Bertz CT molecular complexity index is 810. The van der Waals surface area contributed by atoms with Crippen LogP contribution in [0.1, 0.15) is 10.5 Å². The molecule has 3 rings (SSSR count). The van der Waals surface area contributed by atoms with Crippen molar-refractivity contribution < 1.29 is 14.3 Å². The fraction of sp³-hybridized carbons (Fsp3) is 0.125. The van der Waals surface area contributed by atoms with Crippen molar-refractivity contribution in [2.45, 2.75) is 0 Å². The number of thiazole rings is 1. The number of hydrogen-bond donors (Lipinski definition) is 0. The van der Waals surface area contributed by atoms with Gasteiger partial charge in [0.05, 0.1) is 19.8 Å². The van der Waals surface area contributed by atoms with Crippen LogP contribution in [0.15, 0.2) is 41.8 Å². The number of rotatable bonds is 3. The highest BCUT2D eigenvalue weighted by Gasteiger charge is 2.17. The second-order valence-corrected chi connectivity index (χ2v) is 5.25. The molecule has 0 fully saturated rings. The molecule has 5 heteroatoms. The third-order valence-electron chi connectivity index (χ3n) is 3.22. The lowest BCUT2D eigenvalue weighted by Gasteiger charge is -2.09. The van der Waals surface area contributed by atoms with Crippen LogP contribution in [0.2, 0.25) is 0 Å². The second kappa shape index (κ2) is 5.54. The second-order valence-electron chi connectivity index (χ2n) is 4.39. The van der Waals surface area contributed by atoms with Crippen LogP contribution in [0.4, 0.5) is 0 Å². The molecule has 1 heterocycles. The molecule has 2 aromatic carbocycles. The smallest absolute Gasteiger partial charge is 0.357 e. The molecule has 0 unspecified atom stereocenters. The van der Waals surface area contributed by atoms with Gasteiger partial charge < -0.3 is 9.47 Å².